The van der Waals surface area contributed by atoms with Gasteiger partial charge >= 0.3 is 0 Å². The van der Waals surface area contributed by atoms with Crippen LogP contribution in [0.3, 0.4) is 0 Å². The van der Waals surface area contributed by atoms with Gasteiger partial charge in [0.1, 0.15) is 0 Å². The number of nitrogens with one attached hydrogen (secondary N) is 1. The summed E-state index contributed by atoms with van der Waals surface area (Å²) in [6, 6.07) is 18.6. The van der Waals surface area contributed by atoms with Gasteiger partial charge in [-0.25, -0.2) is 22.0 Å². The van der Waals surface area contributed by atoms with E-state index in [1.54, 1.807) is 12.1 Å². The molecule has 0 bridgehead atoms. The second kappa shape index (κ2) is 11.8. The summed E-state index contributed by atoms with van der Waals surface area (Å²) in [6.45, 7) is 6.09. The van der Waals surface area contributed by atoms with Gasteiger partial charge in [0.15, 0.2) is 11.4 Å². The number of benzene rings is 2. The number of halogens is 1. The Hall–Kier alpha value is -3.02. The molecule has 2 heterocycles. The van der Waals surface area contributed by atoms with E-state index in [9.17, 15) is 16.8 Å². The van der Waals surface area contributed by atoms with Gasteiger partial charge in [-0.05, 0) is 30.2 Å². The van der Waals surface area contributed by atoms with Crippen LogP contribution in [0, 0.1) is 31.6 Å². The molecule has 0 aliphatic carbocycles. The van der Waals surface area contributed by atoms with Crippen molar-refractivity contribution in [3.05, 3.63) is 77.6 Å². The van der Waals surface area contributed by atoms with Gasteiger partial charge in [0.05, 0.1) is 15.7 Å². The van der Waals surface area contributed by atoms with Gasteiger partial charge in [0.2, 0.25) is 15.2 Å². The molecule has 0 fully saturated rings. The highest BCUT2D eigenvalue weighted by Crippen LogP contribution is 2.26. The lowest BCUT2D eigenvalue weighted by Gasteiger charge is -2.12. The molecule has 0 aliphatic heterocycles. The predicted octanol–water partition coefficient (Wildman–Crippen LogP) is -0.712. The van der Waals surface area contributed by atoms with Crippen molar-refractivity contribution in [2.75, 3.05) is 4.72 Å². The van der Waals surface area contributed by atoms with E-state index in [1.165, 1.54) is 12.1 Å². The highest BCUT2D eigenvalue weighted by molar-refractivity contribution is 7.93. The summed E-state index contributed by atoms with van der Waals surface area (Å²) in [5, 5.41) is 11.7. The Morgan fingerprint density at radius 2 is 1.50 bits per heavy atom. The Kier molecular flexibility index (Phi) is 9.17. The van der Waals surface area contributed by atoms with Gasteiger partial charge < -0.3 is 14.0 Å². The molecule has 202 valence electrons. The average molecular weight is 600 g/mol. The van der Waals surface area contributed by atoms with Crippen molar-refractivity contribution in [1.29, 1.82) is 0 Å². The third-order valence-electron chi connectivity index (χ3n) is 5.35. The molecule has 0 spiro atoms. The van der Waals surface area contributed by atoms with Crippen LogP contribution in [0.15, 0.2) is 69.9 Å². The van der Waals surface area contributed by atoms with Crippen LogP contribution in [0.5, 0.6) is 0 Å². The maximum Gasteiger partial charge on any atom is 0.267 e. The van der Waals surface area contributed by atoms with Gasteiger partial charge in [-0.3, -0.25) is 4.72 Å². The average Bonchev–Trinajstić information content (AvgIpc) is 3.30. The fourth-order valence-electron chi connectivity index (χ4n) is 3.64. The van der Waals surface area contributed by atoms with Crippen molar-refractivity contribution in [2.24, 2.45) is 5.14 Å². The zero-order chi connectivity index (χ0) is 28.3. The molecule has 3 N–H and O–H groups in total. The number of pyridine rings is 1. The zero-order valence-corrected chi connectivity index (χ0v) is 23.4. The predicted molar refractivity (Wildman–Crippen MR) is 130 cm³/mol. The molecule has 12 nitrogen and oxygen atoms in total. The summed E-state index contributed by atoms with van der Waals surface area (Å²) in [6.07, 6.45) is 0. The van der Waals surface area contributed by atoms with Crippen molar-refractivity contribution in [1.82, 2.24) is 10.2 Å². The first-order chi connectivity index (χ1) is 17.7. The summed E-state index contributed by atoms with van der Waals surface area (Å²) in [5.41, 5.74) is 6.25. The second-order valence-electron chi connectivity index (χ2n) is 7.82. The molecule has 4 rings (SSSR count). The van der Waals surface area contributed by atoms with Crippen LogP contribution < -0.4 is 28.4 Å². The third-order valence-corrected chi connectivity index (χ3v) is 8.98. The Labute approximate surface area is 226 Å². The Morgan fingerprint density at radius 1 is 0.921 bits per heavy atom. The number of hydrogen-bond donors (Lipinski definition) is 2. The number of sulfonamides is 2. The Bertz CT molecular complexity index is 1640. The number of aromatic nitrogens is 3. The number of hydrogen-bond acceptors (Lipinski definition) is 10. The third kappa shape index (κ3) is 7.09. The molecule has 38 heavy (non-hydrogen) atoms. The minimum atomic E-state index is -4.06. The monoisotopic (exact) mass is 599 g/mol. The van der Waals surface area contributed by atoms with E-state index in [4.69, 9.17) is 19.1 Å². The molecule has 4 aromatic rings. The fourth-order valence-corrected chi connectivity index (χ4v) is 6.20. The van der Waals surface area contributed by atoms with E-state index in [1.807, 2.05) is 32.0 Å². The molecule has 0 amide bonds. The van der Waals surface area contributed by atoms with Gasteiger partial charge in [0.25, 0.3) is 20.0 Å². The Morgan fingerprint density at radius 3 is 2.03 bits per heavy atom. The molecular formula is C22H22ClN5O7S3. The summed E-state index contributed by atoms with van der Waals surface area (Å²) in [4.78, 5) is -0.00265. The van der Waals surface area contributed by atoms with Crippen LogP contribution in [-0.4, -0.2) is 27.0 Å². The number of aryl methyl sites for hydroxylation is 1. The van der Waals surface area contributed by atoms with E-state index in [0.717, 1.165) is 33.8 Å². The minimum absolute atomic E-state index is 0.00265. The first-order valence-corrected chi connectivity index (χ1v) is 15.3. The zero-order valence-electron chi connectivity index (χ0n) is 20.2. The minimum Gasteiger partial charge on any atom is -0.357 e. The summed E-state index contributed by atoms with van der Waals surface area (Å²) in [7, 11) is -10.9. The molecule has 0 saturated carbocycles. The van der Waals surface area contributed by atoms with Crippen LogP contribution in [-0.2, 0) is 20.0 Å². The first kappa shape index (κ1) is 29.5. The van der Waals surface area contributed by atoms with Crippen molar-refractivity contribution < 1.29 is 46.2 Å². The largest absolute Gasteiger partial charge is 0.357 e. The van der Waals surface area contributed by atoms with Crippen molar-refractivity contribution in [2.45, 2.75) is 30.0 Å². The molecule has 16 heteroatoms. The van der Waals surface area contributed by atoms with Crippen LogP contribution in [0.4, 0.5) is 5.13 Å². The quantitative estimate of drug-likeness (QED) is 0.268. The van der Waals surface area contributed by atoms with E-state index >= 15 is 0 Å². The van der Waals surface area contributed by atoms with Crippen LogP contribution in [0.25, 0.3) is 16.8 Å². The fraction of sp³-hybridized carbons (Fsp3) is 0.136. The molecule has 2 aromatic heterocycles. The van der Waals surface area contributed by atoms with Gasteiger partial charge in [-0.1, -0.05) is 41.7 Å². The molecule has 0 unspecified atom stereocenters. The highest BCUT2D eigenvalue weighted by atomic mass is 35.6. The number of primary sulfonamides is 1. The second-order valence-corrected chi connectivity index (χ2v) is 12.6. The van der Waals surface area contributed by atoms with Crippen LogP contribution in [0.1, 0.15) is 17.0 Å². The maximum atomic E-state index is 12.7. The lowest BCUT2D eigenvalue weighted by Crippen LogP contribution is -2.42. The van der Waals surface area contributed by atoms with Crippen LogP contribution in [0.2, 0.25) is 0 Å². The van der Waals surface area contributed by atoms with Gasteiger partial charge in [0, 0.05) is 37.6 Å². The van der Waals surface area contributed by atoms with Gasteiger partial charge in [-0.2, -0.15) is 4.57 Å². The number of anilines is 1. The maximum absolute atomic E-state index is 12.7. The number of nitrogens with zero attached hydrogens (tertiary/aromatic N) is 3. The smallest absolute Gasteiger partial charge is 0.267 e. The lowest BCUT2D eigenvalue weighted by atomic mass is 9.98. The molecule has 2 aromatic carbocycles. The number of nitrogens with two attached hydrogens (primary N) is 1. The Balaban J connectivity index is 0.000000934. The van der Waals surface area contributed by atoms with Crippen molar-refractivity contribution >= 4 is 36.5 Å². The molecule has 0 saturated heterocycles. The molecule has 0 aliphatic rings. The summed E-state index contributed by atoms with van der Waals surface area (Å²) < 4.78 is 77.2. The summed E-state index contributed by atoms with van der Waals surface area (Å²) >= 11 is 0.537. The SMILES string of the molecule is Cc1c(-c2ccccc2)cc(C)[n+](-c2ccc(S(=O)(=O)Nc3nnc(S(N)(=O)=O)s3)cc2)c1C.[O-][Cl+2]([O-])[O-]. The van der Waals surface area contributed by atoms with E-state index in [-0.39, 0.29) is 10.0 Å². The summed E-state index contributed by atoms with van der Waals surface area (Å²) in [5.74, 6) is 0. The molecule has 0 atom stereocenters. The topological polar surface area (TPSA) is 205 Å². The normalized spacial score (nSPS) is 11.7. The van der Waals surface area contributed by atoms with Crippen molar-refractivity contribution in [3.63, 3.8) is 0 Å². The molecular weight excluding hydrogens is 578 g/mol. The lowest BCUT2D eigenvalue weighted by molar-refractivity contribution is -1.73. The number of rotatable bonds is 6. The van der Waals surface area contributed by atoms with E-state index in [2.05, 4.69) is 44.6 Å². The standard InChI is InChI=1S/C22H22N5O4S3.ClO3/c1-14-13-20(17-7-5-4-6-8-17)15(2)16(3)27(14)18-9-11-19(12-10-18)34(30,31)26-21-24-25-22(32-21)33(23,28)29;2-1(3)4/h4-13H,1-3H3,(H,24,26)(H2,23,28,29);/q+1;-1. The van der Waals surface area contributed by atoms with Crippen LogP contribution >= 0.6 is 11.3 Å². The van der Waals surface area contributed by atoms with E-state index < -0.39 is 35.2 Å². The highest BCUT2D eigenvalue weighted by Gasteiger charge is 2.23. The van der Waals surface area contributed by atoms with E-state index in [0.29, 0.717) is 11.3 Å². The first-order valence-electron chi connectivity index (χ1n) is 10.5. The van der Waals surface area contributed by atoms with Crippen molar-refractivity contribution in [3.8, 4) is 16.8 Å². The molecule has 0 radical (unpaired) electrons. The van der Waals surface area contributed by atoms with Gasteiger partial charge in [-0.15, -0.1) is 10.2 Å².